The van der Waals surface area contributed by atoms with Crippen molar-refractivity contribution < 1.29 is 14.1 Å². The lowest BCUT2D eigenvalue weighted by Gasteiger charge is -2.30. The maximum Gasteiger partial charge on any atom is 0.249 e. The molecule has 3 atom stereocenters. The van der Waals surface area contributed by atoms with Crippen LogP contribution in [0, 0.1) is 17.8 Å². The van der Waals surface area contributed by atoms with Gasteiger partial charge in [0.05, 0.1) is 0 Å². The minimum Gasteiger partial charge on any atom is -0.381 e. The summed E-state index contributed by atoms with van der Waals surface area (Å²) in [6.07, 6.45) is 7.28. The molecule has 1 saturated heterocycles. The summed E-state index contributed by atoms with van der Waals surface area (Å²) in [7, 11) is 0. The highest BCUT2D eigenvalue weighted by Crippen LogP contribution is 2.33. The van der Waals surface area contributed by atoms with Gasteiger partial charge in [0, 0.05) is 25.6 Å². The zero-order chi connectivity index (χ0) is 18.5. The third-order valence-corrected chi connectivity index (χ3v) is 5.81. The van der Waals surface area contributed by atoms with Crippen LogP contribution >= 0.6 is 0 Å². The Morgan fingerprint density at radius 2 is 2.00 bits per heavy atom. The summed E-state index contributed by atoms with van der Waals surface area (Å²) < 4.78 is 11.0. The molecule has 1 aliphatic heterocycles. The zero-order valence-electron chi connectivity index (χ0n) is 16.4. The van der Waals surface area contributed by atoms with Crippen LogP contribution in [0.25, 0.3) is 0 Å². The van der Waals surface area contributed by atoms with Gasteiger partial charge in [-0.3, -0.25) is 4.79 Å². The van der Waals surface area contributed by atoms with E-state index in [2.05, 4.69) is 22.4 Å². The van der Waals surface area contributed by atoms with Gasteiger partial charge in [-0.15, -0.1) is 0 Å². The lowest BCUT2D eigenvalue weighted by molar-refractivity contribution is -0.124. The number of nitrogens with one attached hydrogen (secondary N) is 1. The SMILES string of the molecule is CC(C)c1noc([C@H](NC(=O)C[C@H]2CCC[C@@H](C)C2)C2CCOCC2)n1. The van der Waals surface area contributed by atoms with Crippen molar-refractivity contribution in [3.05, 3.63) is 11.7 Å². The van der Waals surface area contributed by atoms with E-state index in [0.717, 1.165) is 44.8 Å². The molecule has 6 heteroatoms. The fraction of sp³-hybridized carbons (Fsp3) is 0.850. The zero-order valence-corrected chi connectivity index (χ0v) is 16.4. The molecule has 0 aromatic carbocycles. The van der Waals surface area contributed by atoms with Gasteiger partial charge in [-0.1, -0.05) is 38.8 Å². The molecule has 2 aliphatic rings. The summed E-state index contributed by atoms with van der Waals surface area (Å²) in [5, 5.41) is 7.32. The lowest BCUT2D eigenvalue weighted by atomic mass is 9.80. The monoisotopic (exact) mass is 363 g/mol. The molecule has 6 nitrogen and oxygen atoms in total. The van der Waals surface area contributed by atoms with Crippen LogP contribution in [0.1, 0.15) is 89.4 Å². The number of nitrogens with zero attached hydrogens (tertiary/aromatic N) is 2. The average molecular weight is 364 g/mol. The lowest BCUT2D eigenvalue weighted by Crippen LogP contribution is -2.37. The molecule has 1 aromatic rings. The van der Waals surface area contributed by atoms with Gasteiger partial charge in [0.15, 0.2) is 5.82 Å². The van der Waals surface area contributed by atoms with Crippen LogP contribution in [0.2, 0.25) is 0 Å². The fourth-order valence-corrected chi connectivity index (χ4v) is 4.28. The maximum atomic E-state index is 12.8. The number of rotatable bonds is 6. The third kappa shape index (κ3) is 5.06. The smallest absolute Gasteiger partial charge is 0.249 e. The molecule has 0 bridgehead atoms. The first-order valence-corrected chi connectivity index (χ1v) is 10.2. The Hall–Kier alpha value is -1.43. The summed E-state index contributed by atoms with van der Waals surface area (Å²) in [6, 6.07) is -0.201. The van der Waals surface area contributed by atoms with Crippen molar-refractivity contribution >= 4 is 5.91 Å². The summed E-state index contributed by atoms with van der Waals surface area (Å²) >= 11 is 0. The van der Waals surface area contributed by atoms with Crippen LogP contribution in [0.3, 0.4) is 0 Å². The Balaban J connectivity index is 1.67. The van der Waals surface area contributed by atoms with Crippen LogP contribution in [-0.4, -0.2) is 29.3 Å². The van der Waals surface area contributed by atoms with Crippen molar-refractivity contribution in [3.8, 4) is 0 Å². The Morgan fingerprint density at radius 3 is 2.65 bits per heavy atom. The van der Waals surface area contributed by atoms with E-state index in [1.807, 2.05) is 13.8 Å². The summed E-state index contributed by atoms with van der Waals surface area (Å²) in [4.78, 5) is 17.3. The van der Waals surface area contributed by atoms with Gasteiger partial charge < -0.3 is 14.6 Å². The van der Waals surface area contributed by atoms with Crippen LogP contribution in [0.15, 0.2) is 4.52 Å². The Bertz CT molecular complexity index is 581. The van der Waals surface area contributed by atoms with E-state index in [4.69, 9.17) is 9.26 Å². The minimum absolute atomic E-state index is 0.116. The van der Waals surface area contributed by atoms with Crippen LogP contribution in [-0.2, 0) is 9.53 Å². The van der Waals surface area contributed by atoms with E-state index in [1.54, 1.807) is 0 Å². The fourth-order valence-electron chi connectivity index (χ4n) is 4.28. The first-order chi connectivity index (χ1) is 12.5. The van der Waals surface area contributed by atoms with Crippen molar-refractivity contribution in [2.75, 3.05) is 13.2 Å². The molecule has 0 radical (unpaired) electrons. The summed E-state index contributed by atoms with van der Waals surface area (Å²) in [5.41, 5.74) is 0. The van der Waals surface area contributed by atoms with Gasteiger partial charge >= 0.3 is 0 Å². The second-order valence-corrected chi connectivity index (χ2v) is 8.48. The molecule has 0 unspecified atom stereocenters. The topological polar surface area (TPSA) is 77.2 Å². The Labute approximate surface area is 156 Å². The van der Waals surface area contributed by atoms with E-state index in [9.17, 15) is 4.79 Å². The number of amides is 1. The molecule has 146 valence electrons. The highest BCUT2D eigenvalue weighted by molar-refractivity contribution is 5.76. The number of carbonyl (C=O) groups is 1. The predicted molar refractivity (Wildman–Crippen MR) is 98.6 cm³/mol. The normalized spacial score (nSPS) is 26.0. The first-order valence-electron chi connectivity index (χ1n) is 10.2. The van der Waals surface area contributed by atoms with E-state index in [-0.39, 0.29) is 17.9 Å². The molecule has 1 aromatic heterocycles. The molecule has 1 aliphatic carbocycles. The number of carbonyl (C=O) groups excluding carboxylic acids is 1. The average Bonchev–Trinajstić information content (AvgIpc) is 3.10. The highest BCUT2D eigenvalue weighted by Gasteiger charge is 2.32. The van der Waals surface area contributed by atoms with Gasteiger partial charge in [0.25, 0.3) is 0 Å². The van der Waals surface area contributed by atoms with Crippen molar-refractivity contribution in [1.29, 1.82) is 0 Å². The van der Waals surface area contributed by atoms with Gasteiger partial charge in [-0.05, 0) is 43.4 Å². The van der Waals surface area contributed by atoms with Gasteiger partial charge in [0.2, 0.25) is 11.8 Å². The molecule has 26 heavy (non-hydrogen) atoms. The maximum absolute atomic E-state index is 12.8. The van der Waals surface area contributed by atoms with E-state index >= 15 is 0 Å². The molecule has 1 saturated carbocycles. The molecule has 3 rings (SSSR count). The Morgan fingerprint density at radius 1 is 1.23 bits per heavy atom. The van der Waals surface area contributed by atoms with Crippen molar-refractivity contribution in [3.63, 3.8) is 0 Å². The quantitative estimate of drug-likeness (QED) is 0.827. The van der Waals surface area contributed by atoms with E-state index in [0.29, 0.717) is 30.0 Å². The van der Waals surface area contributed by atoms with Gasteiger partial charge in [-0.2, -0.15) is 4.98 Å². The summed E-state index contributed by atoms with van der Waals surface area (Å²) in [6.45, 7) is 7.83. The van der Waals surface area contributed by atoms with Crippen molar-refractivity contribution in [2.45, 2.75) is 77.7 Å². The molecule has 2 fully saturated rings. The predicted octanol–water partition coefficient (Wildman–Crippen LogP) is 3.99. The second kappa shape index (κ2) is 8.98. The standard InChI is InChI=1S/C20H33N3O3/c1-13(2)19-22-20(26-23-19)18(16-7-9-25-10-8-16)21-17(24)12-15-6-4-5-14(3)11-15/h13-16,18H,4-12H2,1-3H3,(H,21,24)/t14-,15+,18-/m1/s1. The molecule has 0 spiro atoms. The molecule has 1 amide bonds. The molecule has 2 heterocycles. The number of hydrogen-bond acceptors (Lipinski definition) is 5. The number of aromatic nitrogens is 2. The van der Waals surface area contributed by atoms with Gasteiger partial charge in [0.1, 0.15) is 6.04 Å². The molecular formula is C20H33N3O3. The molecule has 1 N–H and O–H groups in total. The van der Waals surface area contributed by atoms with Crippen LogP contribution in [0.4, 0.5) is 0 Å². The largest absolute Gasteiger partial charge is 0.381 e. The number of ether oxygens (including phenoxy) is 1. The minimum atomic E-state index is -0.201. The molecular weight excluding hydrogens is 330 g/mol. The van der Waals surface area contributed by atoms with E-state index < -0.39 is 0 Å². The van der Waals surface area contributed by atoms with Crippen molar-refractivity contribution in [2.24, 2.45) is 17.8 Å². The van der Waals surface area contributed by atoms with E-state index in [1.165, 1.54) is 12.8 Å². The van der Waals surface area contributed by atoms with Crippen LogP contribution in [0.5, 0.6) is 0 Å². The number of hydrogen-bond donors (Lipinski definition) is 1. The summed E-state index contributed by atoms with van der Waals surface area (Å²) in [5.74, 6) is 3.10. The Kier molecular flexibility index (Phi) is 6.68. The second-order valence-electron chi connectivity index (χ2n) is 8.48. The van der Waals surface area contributed by atoms with Gasteiger partial charge in [-0.25, -0.2) is 0 Å². The highest BCUT2D eigenvalue weighted by atomic mass is 16.5. The van der Waals surface area contributed by atoms with Crippen LogP contribution < -0.4 is 5.32 Å². The van der Waals surface area contributed by atoms with Crippen molar-refractivity contribution in [1.82, 2.24) is 15.5 Å². The third-order valence-electron chi connectivity index (χ3n) is 5.81. The first kappa shape index (κ1) is 19.3.